The number of nitrogens with zero attached hydrogens (tertiary/aromatic N) is 1. The van der Waals surface area contributed by atoms with Crippen molar-refractivity contribution in [2.24, 2.45) is 0 Å². The highest BCUT2D eigenvalue weighted by Crippen LogP contribution is 2.19. The molecule has 0 saturated carbocycles. The Kier molecular flexibility index (Phi) is 6.62. The first kappa shape index (κ1) is 17.4. The zero-order valence-corrected chi connectivity index (χ0v) is 11.1. The highest BCUT2D eigenvalue weighted by molar-refractivity contribution is 5.41. The molecule has 21 heavy (non-hydrogen) atoms. The lowest BCUT2D eigenvalue weighted by molar-refractivity contribution is -0.148. The summed E-state index contributed by atoms with van der Waals surface area (Å²) in [5.41, 5.74) is 0.615. The molecule has 2 N–H and O–H groups in total. The molecule has 0 aliphatic rings. The summed E-state index contributed by atoms with van der Waals surface area (Å²) in [5, 5.41) is 17.5. The molecule has 0 heterocycles. The molecule has 0 radical (unpaired) electrons. The highest BCUT2D eigenvalue weighted by atomic mass is 19.4. The summed E-state index contributed by atoms with van der Waals surface area (Å²) in [7, 11) is 0. The van der Waals surface area contributed by atoms with Gasteiger partial charge in [-0.25, -0.2) is 4.39 Å². The second kappa shape index (κ2) is 7.98. The standard InChI is InChI=1S/C14H15F4NO2/c15-13-4-3-12(11(8-13)2-1-6-20)9-19(5-7-21)10-14(16,17)18/h3-4,8,20-21H,5-7,9-10H2. The Hall–Kier alpha value is -1.62. The van der Waals surface area contributed by atoms with Crippen LogP contribution in [0.15, 0.2) is 18.2 Å². The minimum atomic E-state index is -4.40. The van der Waals surface area contributed by atoms with Gasteiger partial charge in [0.1, 0.15) is 12.4 Å². The molecule has 0 aliphatic heterocycles. The van der Waals surface area contributed by atoms with Crippen LogP contribution in [0.5, 0.6) is 0 Å². The number of alkyl halides is 3. The van der Waals surface area contributed by atoms with Crippen molar-refractivity contribution >= 4 is 0 Å². The molecule has 0 aliphatic carbocycles. The fraction of sp³-hybridized carbons (Fsp3) is 0.429. The Bertz CT molecular complexity index is 520. The molecular weight excluding hydrogens is 290 g/mol. The minimum Gasteiger partial charge on any atom is -0.395 e. The number of hydrogen-bond donors (Lipinski definition) is 2. The van der Waals surface area contributed by atoms with Crippen LogP contribution in [0.1, 0.15) is 11.1 Å². The number of halogens is 4. The fourth-order valence-electron chi connectivity index (χ4n) is 1.79. The predicted octanol–water partition coefficient (Wildman–Crippen LogP) is 1.53. The average molecular weight is 305 g/mol. The molecular formula is C14H15F4NO2. The lowest BCUT2D eigenvalue weighted by atomic mass is 10.1. The molecule has 3 nitrogen and oxygen atoms in total. The molecule has 0 fully saturated rings. The molecule has 1 aromatic rings. The first-order chi connectivity index (χ1) is 9.85. The molecule has 0 unspecified atom stereocenters. The summed E-state index contributed by atoms with van der Waals surface area (Å²) in [6, 6.07) is 3.57. The van der Waals surface area contributed by atoms with E-state index in [4.69, 9.17) is 10.2 Å². The lowest BCUT2D eigenvalue weighted by Gasteiger charge is -2.23. The zero-order chi connectivity index (χ0) is 15.9. The molecule has 0 saturated heterocycles. The van der Waals surface area contributed by atoms with Crippen LogP contribution in [-0.4, -0.2) is 47.6 Å². The van der Waals surface area contributed by atoms with Gasteiger partial charge in [0, 0.05) is 18.7 Å². The molecule has 0 amide bonds. The zero-order valence-electron chi connectivity index (χ0n) is 11.1. The average Bonchev–Trinajstić information content (AvgIpc) is 2.37. The van der Waals surface area contributed by atoms with Gasteiger partial charge in [-0.15, -0.1) is 0 Å². The molecule has 1 rings (SSSR count). The largest absolute Gasteiger partial charge is 0.401 e. The van der Waals surface area contributed by atoms with Crippen molar-refractivity contribution in [1.82, 2.24) is 4.90 Å². The Morgan fingerprint density at radius 1 is 1.19 bits per heavy atom. The van der Waals surface area contributed by atoms with E-state index in [2.05, 4.69) is 11.8 Å². The maximum atomic E-state index is 13.2. The van der Waals surface area contributed by atoms with Crippen LogP contribution in [-0.2, 0) is 6.54 Å². The molecule has 0 atom stereocenters. The van der Waals surface area contributed by atoms with Crippen LogP contribution < -0.4 is 0 Å². The van der Waals surface area contributed by atoms with Gasteiger partial charge in [0.25, 0.3) is 0 Å². The Morgan fingerprint density at radius 3 is 2.48 bits per heavy atom. The summed E-state index contributed by atoms with van der Waals surface area (Å²) < 4.78 is 50.5. The number of benzene rings is 1. The summed E-state index contributed by atoms with van der Waals surface area (Å²) in [5.74, 6) is 4.27. The number of hydrogen-bond acceptors (Lipinski definition) is 3. The normalized spacial score (nSPS) is 11.4. The van der Waals surface area contributed by atoms with Gasteiger partial charge < -0.3 is 10.2 Å². The second-order valence-electron chi connectivity index (χ2n) is 4.31. The van der Waals surface area contributed by atoms with E-state index in [1.807, 2.05) is 0 Å². The SMILES string of the molecule is OCC#Cc1cc(F)ccc1CN(CCO)CC(F)(F)F. The molecule has 7 heteroatoms. The van der Waals surface area contributed by atoms with Crippen molar-refractivity contribution < 1.29 is 27.8 Å². The van der Waals surface area contributed by atoms with Gasteiger partial charge in [-0.2, -0.15) is 13.2 Å². The monoisotopic (exact) mass is 305 g/mol. The Morgan fingerprint density at radius 2 is 1.90 bits per heavy atom. The van der Waals surface area contributed by atoms with Gasteiger partial charge >= 0.3 is 6.18 Å². The third-order valence-electron chi connectivity index (χ3n) is 2.59. The van der Waals surface area contributed by atoms with E-state index < -0.39 is 31.8 Å². The molecule has 116 valence electrons. The third-order valence-corrected chi connectivity index (χ3v) is 2.59. The molecule has 0 spiro atoms. The maximum absolute atomic E-state index is 13.2. The number of aliphatic hydroxyl groups is 2. The summed E-state index contributed by atoms with van der Waals surface area (Å²) in [6.45, 7) is -2.33. The summed E-state index contributed by atoms with van der Waals surface area (Å²) in [4.78, 5) is 0.997. The van der Waals surface area contributed by atoms with Crippen LogP contribution in [0, 0.1) is 17.7 Å². The molecule has 0 aromatic heterocycles. The van der Waals surface area contributed by atoms with Crippen LogP contribution >= 0.6 is 0 Å². The molecule has 0 bridgehead atoms. The van der Waals surface area contributed by atoms with Crippen molar-refractivity contribution in [3.63, 3.8) is 0 Å². The van der Waals surface area contributed by atoms with Gasteiger partial charge in [0.05, 0.1) is 13.2 Å². The van der Waals surface area contributed by atoms with E-state index in [0.717, 1.165) is 17.0 Å². The quantitative estimate of drug-likeness (QED) is 0.640. The maximum Gasteiger partial charge on any atom is 0.401 e. The Labute approximate surface area is 119 Å². The van der Waals surface area contributed by atoms with Crippen molar-refractivity contribution in [1.29, 1.82) is 0 Å². The topological polar surface area (TPSA) is 43.7 Å². The van der Waals surface area contributed by atoms with E-state index >= 15 is 0 Å². The number of rotatable bonds is 5. The first-order valence-electron chi connectivity index (χ1n) is 6.14. The van der Waals surface area contributed by atoms with Crippen LogP contribution in [0.3, 0.4) is 0 Å². The lowest BCUT2D eigenvalue weighted by Crippen LogP contribution is -2.35. The molecule has 1 aromatic carbocycles. The van der Waals surface area contributed by atoms with Crippen LogP contribution in [0.4, 0.5) is 17.6 Å². The van der Waals surface area contributed by atoms with E-state index in [9.17, 15) is 17.6 Å². The van der Waals surface area contributed by atoms with E-state index in [0.29, 0.717) is 5.56 Å². The first-order valence-corrected chi connectivity index (χ1v) is 6.14. The van der Waals surface area contributed by atoms with E-state index in [-0.39, 0.29) is 18.7 Å². The van der Waals surface area contributed by atoms with Crippen molar-refractivity contribution in [3.8, 4) is 11.8 Å². The van der Waals surface area contributed by atoms with Crippen molar-refractivity contribution in [3.05, 3.63) is 35.1 Å². The van der Waals surface area contributed by atoms with E-state index in [1.165, 1.54) is 6.07 Å². The Balaban J connectivity index is 2.97. The van der Waals surface area contributed by atoms with Crippen LogP contribution in [0.2, 0.25) is 0 Å². The summed E-state index contributed by atoms with van der Waals surface area (Å²) >= 11 is 0. The van der Waals surface area contributed by atoms with Crippen LogP contribution in [0.25, 0.3) is 0 Å². The predicted molar refractivity (Wildman–Crippen MR) is 68.8 cm³/mol. The van der Waals surface area contributed by atoms with Gasteiger partial charge in [0.15, 0.2) is 0 Å². The number of aliphatic hydroxyl groups excluding tert-OH is 2. The fourth-order valence-corrected chi connectivity index (χ4v) is 1.79. The van der Waals surface area contributed by atoms with Gasteiger partial charge in [-0.05, 0) is 17.7 Å². The van der Waals surface area contributed by atoms with E-state index in [1.54, 1.807) is 0 Å². The van der Waals surface area contributed by atoms with Gasteiger partial charge in [0.2, 0.25) is 0 Å². The van der Waals surface area contributed by atoms with Crippen molar-refractivity contribution in [2.75, 3.05) is 26.3 Å². The second-order valence-corrected chi connectivity index (χ2v) is 4.31. The van der Waals surface area contributed by atoms with Gasteiger partial charge in [-0.1, -0.05) is 17.9 Å². The van der Waals surface area contributed by atoms with Crippen molar-refractivity contribution in [2.45, 2.75) is 12.7 Å². The minimum absolute atomic E-state index is 0.129. The summed E-state index contributed by atoms with van der Waals surface area (Å²) in [6.07, 6.45) is -4.40. The smallest absolute Gasteiger partial charge is 0.395 e. The van der Waals surface area contributed by atoms with Gasteiger partial charge in [-0.3, -0.25) is 4.90 Å². The third kappa shape index (κ3) is 6.58. The highest BCUT2D eigenvalue weighted by Gasteiger charge is 2.30.